The van der Waals surface area contributed by atoms with Crippen LogP contribution in [-0.4, -0.2) is 18.0 Å². The zero-order valence-electron chi connectivity index (χ0n) is 13.2. The molecule has 0 radical (unpaired) electrons. The number of carbonyl (C=O) groups is 2. The predicted octanol–water partition coefficient (Wildman–Crippen LogP) is 3.65. The van der Waals surface area contributed by atoms with Gasteiger partial charge in [0, 0.05) is 0 Å². The van der Waals surface area contributed by atoms with Crippen molar-refractivity contribution in [2.75, 3.05) is 5.32 Å². The lowest BCUT2D eigenvalue weighted by Gasteiger charge is -2.06. The van der Waals surface area contributed by atoms with E-state index in [9.17, 15) is 14.9 Å². The van der Waals surface area contributed by atoms with Crippen molar-refractivity contribution in [3.05, 3.63) is 39.7 Å². The van der Waals surface area contributed by atoms with E-state index in [2.05, 4.69) is 5.32 Å². The van der Waals surface area contributed by atoms with Gasteiger partial charge >= 0.3 is 5.97 Å². The summed E-state index contributed by atoms with van der Waals surface area (Å²) in [7, 11) is 0. The number of furan rings is 1. The summed E-state index contributed by atoms with van der Waals surface area (Å²) in [5.41, 5.74) is 1.15. The van der Waals surface area contributed by atoms with E-state index < -0.39 is 11.9 Å². The average molecular weight is 332 g/mol. The highest BCUT2D eigenvalue weighted by Gasteiger charge is 2.24. The van der Waals surface area contributed by atoms with Gasteiger partial charge in [-0.2, -0.15) is 5.26 Å². The summed E-state index contributed by atoms with van der Waals surface area (Å²) in [5.74, 6) is -0.412. The molecule has 2 aromatic heterocycles. The molecule has 0 saturated carbocycles. The van der Waals surface area contributed by atoms with E-state index in [0.717, 1.165) is 11.3 Å². The summed E-state index contributed by atoms with van der Waals surface area (Å²) < 4.78 is 10.3. The Bertz CT molecular complexity index is 796. The highest BCUT2D eigenvalue weighted by molar-refractivity contribution is 7.18. The maximum absolute atomic E-state index is 12.2. The fourth-order valence-electron chi connectivity index (χ4n) is 1.99. The summed E-state index contributed by atoms with van der Waals surface area (Å²) in [5, 5.41) is 12.3. The Morgan fingerprint density at radius 3 is 2.61 bits per heavy atom. The molecule has 0 atom stereocenters. The highest BCUT2D eigenvalue weighted by atomic mass is 32.1. The van der Waals surface area contributed by atoms with E-state index in [1.165, 1.54) is 6.26 Å². The van der Waals surface area contributed by atoms with E-state index in [1.54, 1.807) is 33.8 Å². The van der Waals surface area contributed by atoms with Gasteiger partial charge in [-0.05, 0) is 39.3 Å². The monoisotopic (exact) mass is 332 g/mol. The third kappa shape index (κ3) is 3.43. The van der Waals surface area contributed by atoms with Crippen LogP contribution in [0.3, 0.4) is 0 Å². The van der Waals surface area contributed by atoms with E-state index >= 15 is 0 Å². The summed E-state index contributed by atoms with van der Waals surface area (Å²) in [6.07, 6.45) is 1.15. The number of hydrogen-bond donors (Lipinski definition) is 1. The second kappa shape index (κ2) is 6.67. The smallest absolute Gasteiger partial charge is 0.348 e. The quantitative estimate of drug-likeness (QED) is 0.863. The van der Waals surface area contributed by atoms with E-state index in [1.807, 2.05) is 6.07 Å². The summed E-state index contributed by atoms with van der Waals surface area (Å²) in [6, 6.07) is 3.57. The number of rotatable bonds is 4. The minimum atomic E-state index is -0.501. The number of esters is 1. The molecule has 23 heavy (non-hydrogen) atoms. The molecule has 2 rings (SSSR count). The van der Waals surface area contributed by atoms with Gasteiger partial charge in [0.2, 0.25) is 0 Å². The molecule has 0 aliphatic heterocycles. The lowest BCUT2D eigenvalue weighted by atomic mass is 10.1. The van der Waals surface area contributed by atoms with Gasteiger partial charge in [-0.1, -0.05) is 0 Å². The summed E-state index contributed by atoms with van der Waals surface area (Å²) in [6.45, 7) is 6.82. The number of aryl methyl sites for hydroxylation is 1. The van der Waals surface area contributed by atoms with Crippen LogP contribution in [0.25, 0.3) is 0 Å². The van der Waals surface area contributed by atoms with Crippen molar-refractivity contribution in [3.63, 3.8) is 0 Å². The molecule has 0 aromatic carbocycles. The standard InChI is InChI=1S/C16H16N2O4S/c1-8(2)22-16(20)13-9(3)12(7-17)15(23-13)18-14(19)11-5-6-21-10(11)4/h5-6,8H,1-4H3,(H,18,19). The Labute approximate surface area is 137 Å². The maximum atomic E-state index is 12.2. The van der Waals surface area contributed by atoms with E-state index in [0.29, 0.717) is 26.8 Å². The molecule has 0 spiro atoms. The van der Waals surface area contributed by atoms with Crippen molar-refractivity contribution in [1.82, 2.24) is 0 Å². The van der Waals surface area contributed by atoms with Crippen LogP contribution in [0.5, 0.6) is 0 Å². The van der Waals surface area contributed by atoms with Crippen LogP contribution < -0.4 is 5.32 Å². The normalized spacial score (nSPS) is 10.4. The minimum absolute atomic E-state index is 0.263. The van der Waals surface area contributed by atoms with Crippen LogP contribution in [0.2, 0.25) is 0 Å². The molecule has 120 valence electrons. The van der Waals surface area contributed by atoms with Gasteiger partial charge in [0.05, 0.1) is 23.5 Å². The first-order valence-corrected chi connectivity index (χ1v) is 7.76. The third-order valence-electron chi connectivity index (χ3n) is 3.12. The number of hydrogen-bond acceptors (Lipinski definition) is 6. The first-order chi connectivity index (χ1) is 10.8. The molecule has 1 amide bonds. The fourth-order valence-corrected chi connectivity index (χ4v) is 3.02. The van der Waals surface area contributed by atoms with Crippen molar-refractivity contribution in [3.8, 4) is 6.07 Å². The molecule has 1 N–H and O–H groups in total. The maximum Gasteiger partial charge on any atom is 0.348 e. The molecule has 6 nitrogen and oxygen atoms in total. The van der Waals surface area contributed by atoms with Crippen LogP contribution in [0.15, 0.2) is 16.7 Å². The zero-order chi connectivity index (χ0) is 17.1. The topological polar surface area (TPSA) is 92.3 Å². The Kier molecular flexibility index (Phi) is 4.86. The number of amides is 1. The summed E-state index contributed by atoms with van der Waals surface area (Å²) >= 11 is 1.03. The molecule has 0 fully saturated rings. The van der Waals surface area contributed by atoms with Crippen LogP contribution >= 0.6 is 11.3 Å². The average Bonchev–Trinajstić information content (AvgIpc) is 3.02. The lowest BCUT2D eigenvalue weighted by molar-refractivity contribution is 0.0383. The largest absolute Gasteiger partial charge is 0.469 e. The molecule has 0 unspecified atom stereocenters. The van der Waals surface area contributed by atoms with Crippen LogP contribution in [-0.2, 0) is 4.74 Å². The molecular weight excluding hydrogens is 316 g/mol. The number of nitriles is 1. The Morgan fingerprint density at radius 2 is 2.09 bits per heavy atom. The number of anilines is 1. The van der Waals surface area contributed by atoms with Gasteiger partial charge in [-0.3, -0.25) is 4.79 Å². The molecule has 2 heterocycles. The number of thiophene rings is 1. The fraction of sp³-hybridized carbons (Fsp3) is 0.312. The minimum Gasteiger partial charge on any atom is -0.469 e. The third-order valence-corrected chi connectivity index (χ3v) is 4.30. The molecular formula is C16H16N2O4S. The number of nitrogens with one attached hydrogen (secondary N) is 1. The number of nitrogens with zero attached hydrogens (tertiary/aromatic N) is 1. The van der Waals surface area contributed by atoms with Crippen molar-refractivity contribution in [1.29, 1.82) is 5.26 Å². The SMILES string of the molecule is Cc1occc1C(=O)Nc1sc(C(=O)OC(C)C)c(C)c1C#N. The first-order valence-electron chi connectivity index (χ1n) is 6.95. The molecule has 0 aliphatic rings. The van der Waals surface area contributed by atoms with Crippen molar-refractivity contribution < 1.29 is 18.7 Å². The van der Waals surface area contributed by atoms with Gasteiger partial charge < -0.3 is 14.5 Å². The van der Waals surface area contributed by atoms with Crippen LogP contribution in [0.1, 0.15) is 50.8 Å². The first kappa shape index (κ1) is 16.8. The summed E-state index contributed by atoms with van der Waals surface area (Å²) in [4.78, 5) is 24.6. The van der Waals surface area contributed by atoms with Crippen molar-refractivity contribution in [2.45, 2.75) is 33.8 Å². The van der Waals surface area contributed by atoms with E-state index in [4.69, 9.17) is 9.15 Å². The second-order valence-corrected chi connectivity index (χ2v) is 6.19. The highest BCUT2D eigenvalue weighted by Crippen LogP contribution is 2.33. The van der Waals surface area contributed by atoms with Gasteiger partial charge in [-0.15, -0.1) is 11.3 Å². The lowest BCUT2D eigenvalue weighted by Crippen LogP contribution is -2.11. The van der Waals surface area contributed by atoms with Crippen molar-refractivity contribution >= 4 is 28.2 Å². The molecule has 7 heteroatoms. The van der Waals surface area contributed by atoms with Crippen LogP contribution in [0, 0.1) is 25.2 Å². The Morgan fingerprint density at radius 1 is 1.39 bits per heavy atom. The predicted molar refractivity (Wildman–Crippen MR) is 85.7 cm³/mol. The van der Waals surface area contributed by atoms with Gasteiger partial charge in [-0.25, -0.2) is 4.79 Å². The number of carbonyl (C=O) groups excluding carboxylic acids is 2. The van der Waals surface area contributed by atoms with Gasteiger partial charge in [0.1, 0.15) is 21.7 Å². The molecule has 0 bridgehead atoms. The Balaban J connectivity index is 2.33. The number of ether oxygens (including phenoxy) is 1. The van der Waals surface area contributed by atoms with Gasteiger partial charge in [0.15, 0.2) is 0 Å². The second-order valence-electron chi connectivity index (χ2n) is 5.17. The Hall–Kier alpha value is -2.59. The van der Waals surface area contributed by atoms with Crippen LogP contribution in [0.4, 0.5) is 5.00 Å². The zero-order valence-corrected chi connectivity index (χ0v) is 14.0. The molecule has 0 saturated heterocycles. The van der Waals surface area contributed by atoms with Gasteiger partial charge in [0.25, 0.3) is 5.91 Å². The molecule has 0 aliphatic carbocycles. The van der Waals surface area contributed by atoms with E-state index in [-0.39, 0.29) is 11.7 Å². The van der Waals surface area contributed by atoms with Crippen molar-refractivity contribution in [2.24, 2.45) is 0 Å². The molecule has 2 aromatic rings.